The second kappa shape index (κ2) is 5.14. The maximum absolute atomic E-state index is 10.8. The molecule has 0 aliphatic heterocycles. The zero-order chi connectivity index (χ0) is 13.1. The van der Waals surface area contributed by atoms with Crippen LogP contribution in [0.3, 0.4) is 0 Å². The highest BCUT2D eigenvalue weighted by Crippen LogP contribution is 2.21. The molecule has 0 aliphatic carbocycles. The molecule has 18 heavy (non-hydrogen) atoms. The monoisotopic (exact) mass is 308 g/mol. The fraction of sp³-hybridized carbons (Fsp3) is 0.0833. The van der Waals surface area contributed by atoms with Crippen LogP contribution in [-0.4, -0.2) is 21.0 Å². The molecule has 92 valence electrons. The molecule has 0 unspecified atom stereocenters. The van der Waals surface area contributed by atoms with Crippen molar-refractivity contribution in [2.24, 2.45) is 0 Å². The molecule has 0 spiro atoms. The van der Waals surface area contributed by atoms with Crippen LogP contribution < -0.4 is 4.74 Å². The number of carbonyl (C=O) groups is 1. The number of carboxylic acid groups (broad SMARTS) is 1. The lowest BCUT2D eigenvalue weighted by Gasteiger charge is -2.05. The molecule has 0 saturated carbocycles. The Labute approximate surface area is 112 Å². The second-order valence-electron chi connectivity index (χ2n) is 3.51. The minimum Gasteiger partial charge on any atom is -0.478 e. The summed E-state index contributed by atoms with van der Waals surface area (Å²) >= 11 is 3.32. The summed E-state index contributed by atoms with van der Waals surface area (Å²) in [5, 5.41) is 8.85. The number of aromatic nitrogens is 2. The third-order valence-electron chi connectivity index (χ3n) is 2.21. The number of hydrogen-bond acceptors (Lipinski definition) is 4. The van der Waals surface area contributed by atoms with Crippen LogP contribution in [0.4, 0.5) is 0 Å². The fourth-order valence-electron chi connectivity index (χ4n) is 1.31. The van der Waals surface area contributed by atoms with E-state index in [1.165, 1.54) is 6.20 Å². The quantitative estimate of drug-likeness (QED) is 0.943. The van der Waals surface area contributed by atoms with Gasteiger partial charge in [-0.3, -0.25) is 0 Å². The molecule has 6 heteroatoms. The summed E-state index contributed by atoms with van der Waals surface area (Å²) in [6.07, 6.45) is 1.23. The summed E-state index contributed by atoms with van der Waals surface area (Å²) in [5.41, 5.74) is 0.433. The first kappa shape index (κ1) is 12.5. The number of halogens is 1. The first-order chi connectivity index (χ1) is 8.56. The molecule has 1 heterocycles. The first-order valence-electron chi connectivity index (χ1n) is 5.06. The van der Waals surface area contributed by atoms with Gasteiger partial charge in [-0.1, -0.05) is 15.9 Å². The number of carboxylic acids is 1. The van der Waals surface area contributed by atoms with Gasteiger partial charge in [0.25, 0.3) is 0 Å². The van der Waals surface area contributed by atoms with Crippen LogP contribution in [0.1, 0.15) is 16.1 Å². The molecule has 5 nitrogen and oxygen atoms in total. The summed E-state index contributed by atoms with van der Waals surface area (Å²) in [5.74, 6) is -0.469. The van der Waals surface area contributed by atoms with Crippen molar-refractivity contribution < 1.29 is 14.6 Å². The lowest BCUT2D eigenvalue weighted by molar-refractivity contribution is 0.0695. The number of nitrogens with zero attached hydrogens (tertiary/aromatic N) is 2. The van der Waals surface area contributed by atoms with Gasteiger partial charge in [-0.2, -0.15) is 4.98 Å². The van der Waals surface area contributed by atoms with Crippen LogP contribution in [-0.2, 0) is 0 Å². The predicted octanol–water partition coefficient (Wildman–Crippen LogP) is 3.04. The summed E-state index contributed by atoms with van der Waals surface area (Å²) in [6, 6.07) is 7.29. The molecule has 2 rings (SSSR count). The molecule has 0 aliphatic rings. The van der Waals surface area contributed by atoms with Gasteiger partial charge in [-0.05, 0) is 31.2 Å². The van der Waals surface area contributed by atoms with Crippen molar-refractivity contribution in [2.45, 2.75) is 6.92 Å². The molecule has 0 saturated heterocycles. The predicted molar refractivity (Wildman–Crippen MR) is 67.9 cm³/mol. The fourth-order valence-corrected chi connectivity index (χ4v) is 1.58. The zero-order valence-electron chi connectivity index (χ0n) is 9.42. The van der Waals surface area contributed by atoms with Crippen molar-refractivity contribution in [3.8, 4) is 11.8 Å². The number of hydrogen-bond donors (Lipinski definition) is 1. The SMILES string of the molecule is Cc1nc(Oc2ccc(Br)cc2)ncc1C(=O)O. The lowest BCUT2D eigenvalue weighted by atomic mass is 10.2. The van der Waals surface area contributed by atoms with E-state index in [4.69, 9.17) is 9.84 Å². The molecule has 0 fully saturated rings. The van der Waals surface area contributed by atoms with E-state index in [0.717, 1.165) is 4.47 Å². The molecule has 1 N–H and O–H groups in total. The van der Waals surface area contributed by atoms with Crippen molar-refractivity contribution >= 4 is 21.9 Å². The Morgan fingerprint density at radius 3 is 2.56 bits per heavy atom. The van der Waals surface area contributed by atoms with Gasteiger partial charge in [0.2, 0.25) is 0 Å². The molecule has 2 aromatic rings. The van der Waals surface area contributed by atoms with E-state index >= 15 is 0 Å². The summed E-state index contributed by atoms with van der Waals surface area (Å²) in [4.78, 5) is 18.6. The number of benzene rings is 1. The highest BCUT2D eigenvalue weighted by atomic mass is 79.9. The van der Waals surface area contributed by atoms with E-state index in [-0.39, 0.29) is 11.6 Å². The molecule has 0 amide bonds. The molecule has 0 radical (unpaired) electrons. The standard InChI is InChI=1S/C12H9BrN2O3/c1-7-10(11(16)17)6-14-12(15-7)18-9-4-2-8(13)3-5-9/h2-6H,1H3,(H,16,17). The van der Waals surface area contributed by atoms with E-state index in [9.17, 15) is 4.79 Å². The van der Waals surface area contributed by atoms with Crippen molar-refractivity contribution in [1.82, 2.24) is 9.97 Å². The number of rotatable bonds is 3. The van der Waals surface area contributed by atoms with Crippen LogP contribution in [0.5, 0.6) is 11.8 Å². The van der Waals surface area contributed by atoms with E-state index < -0.39 is 5.97 Å². The molecule has 0 bridgehead atoms. The maximum atomic E-state index is 10.8. The van der Waals surface area contributed by atoms with Crippen LogP contribution in [0, 0.1) is 6.92 Å². The van der Waals surface area contributed by atoms with Crippen LogP contribution >= 0.6 is 15.9 Å². The van der Waals surface area contributed by atoms with Gasteiger partial charge in [0.05, 0.1) is 11.3 Å². The van der Waals surface area contributed by atoms with Crippen LogP contribution in [0.15, 0.2) is 34.9 Å². The van der Waals surface area contributed by atoms with E-state index in [2.05, 4.69) is 25.9 Å². The summed E-state index contributed by atoms with van der Waals surface area (Å²) < 4.78 is 6.35. The van der Waals surface area contributed by atoms with Gasteiger partial charge in [-0.25, -0.2) is 9.78 Å². The lowest BCUT2D eigenvalue weighted by Crippen LogP contribution is -2.04. The van der Waals surface area contributed by atoms with Gasteiger partial charge in [-0.15, -0.1) is 0 Å². The highest BCUT2D eigenvalue weighted by Gasteiger charge is 2.10. The molecular formula is C12H9BrN2O3. The third-order valence-corrected chi connectivity index (χ3v) is 2.74. The number of aryl methyl sites for hydroxylation is 1. The van der Waals surface area contributed by atoms with Gasteiger partial charge < -0.3 is 9.84 Å². The minimum atomic E-state index is -1.05. The topological polar surface area (TPSA) is 72.3 Å². The molecular weight excluding hydrogens is 300 g/mol. The smallest absolute Gasteiger partial charge is 0.339 e. The Kier molecular flexibility index (Phi) is 3.57. The average molecular weight is 309 g/mol. The van der Waals surface area contributed by atoms with Crippen molar-refractivity contribution in [2.75, 3.05) is 0 Å². The van der Waals surface area contributed by atoms with E-state index in [0.29, 0.717) is 11.4 Å². The molecule has 1 aromatic carbocycles. The number of ether oxygens (including phenoxy) is 1. The summed E-state index contributed by atoms with van der Waals surface area (Å²) in [6.45, 7) is 1.60. The maximum Gasteiger partial charge on any atom is 0.339 e. The van der Waals surface area contributed by atoms with Gasteiger partial charge >= 0.3 is 12.0 Å². The zero-order valence-corrected chi connectivity index (χ0v) is 11.0. The normalized spacial score (nSPS) is 10.1. The first-order valence-corrected chi connectivity index (χ1v) is 5.86. The minimum absolute atomic E-state index is 0.0677. The van der Waals surface area contributed by atoms with E-state index in [1.54, 1.807) is 19.1 Å². The number of aromatic carboxylic acids is 1. The third kappa shape index (κ3) is 2.84. The Bertz CT molecular complexity index is 584. The van der Waals surface area contributed by atoms with Crippen molar-refractivity contribution in [3.05, 3.63) is 46.2 Å². The van der Waals surface area contributed by atoms with Crippen LogP contribution in [0.25, 0.3) is 0 Å². The largest absolute Gasteiger partial charge is 0.478 e. The van der Waals surface area contributed by atoms with Crippen LogP contribution in [0.2, 0.25) is 0 Å². The summed E-state index contributed by atoms with van der Waals surface area (Å²) in [7, 11) is 0. The highest BCUT2D eigenvalue weighted by molar-refractivity contribution is 9.10. The van der Waals surface area contributed by atoms with E-state index in [1.807, 2.05) is 12.1 Å². The Balaban J connectivity index is 2.22. The molecule has 1 aromatic heterocycles. The second-order valence-corrected chi connectivity index (χ2v) is 4.43. The molecule has 0 atom stereocenters. The van der Waals surface area contributed by atoms with Crippen molar-refractivity contribution in [1.29, 1.82) is 0 Å². The Morgan fingerprint density at radius 2 is 2.00 bits per heavy atom. The Hall–Kier alpha value is -1.95. The van der Waals surface area contributed by atoms with Gasteiger partial charge in [0.15, 0.2) is 0 Å². The Morgan fingerprint density at radius 1 is 1.33 bits per heavy atom. The average Bonchev–Trinajstić information content (AvgIpc) is 2.32. The van der Waals surface area contributed by atoms with Crippen molar-refractivity contribution in [3.63, 3.8) is 0 Å². The van der Waals surface area contributed by atoms with Gasteiger partial charge in [0.1, 0.15) is 5.75 Å². The van der Waals surface area contributed by atoms with Gasteiger partial charge in [0, 0.05) is 10.7 Å².